The molecular formula is C8H6ClF3INO2. The molecule has 0 aromatic carbocycles. The fourth-order valence-electron chi connectivity index (χ4n) is 1.01. The van der Waals surface area contributed by atoms with Crippen LogP contribution in [0.2, 0.25) is 0 Å². The van der Waals surface area contributed by atoms with Gasteiger partial charge in [-0.1, -0.05) is 0 Å². The summed E-state index contributed by atoms with van der Waals surface area (Å²) in [6, 6.07) is 1.37. The highest BCUT2D eigenvalue weighted by molar-refractivity contribution is 14.1. The molecule has 1 heterocycles. The molecule has 0 aliphatic heterocycles. The zero-order valence-electron chi connectivity index (χ0n) is 7.68. The SMILES string of the molecule is OCc1nc(CCl)cc(I)c1OC(F)(F)F. The molecule has 0 saturated heterocycles. The molecule has 0 saturated carbocycles. The van der Waals surface area contributed by atoms with Gasteiger partial charge >= 0.3 is 6.36 Å². The molecule has 1 aromatic heterocycles. The Morgan fingerprint density at radius 3 is 2.56 bits per heavy atom. The highest BCUT2D eigenvalue weighted by atomic mass is 127. The molecule has 0 aliphatic carbocycles. The topological polar surface area (TPSA) is 42.4 Å². The second kappa shape index (κ2) is 5.37. The normalized spacial score (nSPS) is 11.6. The highest BCUT2D eigenvalue weighted by Crippen LogP contribution is 2.31. The predicted octanol–water partition coefficient (Wildman–Crippen LogP) is 2.82. The first-order valence-electron chi connectivity index (χ1n) is 3.98. The summed E-state index contributed by atoms with van der Waals surface area (Å²) in [4.78, 5) is 3.74. The number of hydrogen-bond donors (Lipinski definition) is 1. The number of nitrogens with zero attached hydrogens (tertiary/aromatic N) is 1. The van der Waals surface area contributed by atoms with Crippen molar-refractivity contribution in [2.24, 2.45) is 0 Å². The Bertz CT molecular complexity index is 386. The molecule has 0 atom stereocenters. The van der Waals surface area contributed by atoms with E-state index in [2.05, 4.69) is 9.72 Å². The van der Waals surface area contributed by atoms with E-state index >= 15 is 0 Å². The van der Waals surface area contributed by atoms with E-state index in [0.717, 1.165) is 0 Å². The van der Waals surface area contributed by atoms with Gasteiger partial charge in [-0.15, -0.1) is 24.8 Å². The first-order valence-corrected chi connectivity index (χ1v) is 5.59. The van der Waals surface area contributed by atoms with Crippen LogP contribution in [0.5, 0.6) is 5.75 Å². The number of aliphatic hydroxyl groups is 1. The molecule has 0 amide bonds. The third kappa shape index (κ3) is 3.63. The number of pyridine rings is 1. The van der Waals surface area contributed by atoms with Crippen molar-refractivity contribution in [1.82, 2.24) is 4.98 Å². The average Bonchev–Trinajstić information content (AvgIpc) is 2.19. The Kier molecular flexibility index (Phi) is 4.62. The van der Waals surface area contributed by atoms with Gasteiger partial charge in [-0.25, -0.2) is 0 Å². The Morgan fingerprint density at radius 2 is 2.12 bits per heavy atom. The highest BCUT2D eigenvalue weighted by Gasteiger charge is 2.33. The van der Waals surface area contributed by atoms with Crippen LogP contribution in [0.25, 0.3) is 0 Å². The fourth-order valence-corrected chi connectivity index (χ4v) is 1.92. The van der Waals surface area contributed by atoms with Gasteiger partial charge in [0.05, 0.1) is 21.8 Å². The maximum absolute atomic E-state index is 12.1. The minimum absolute atomic E-state index is 0.0509. The van der Waals surface area contributed by atoms with Gasteiger partial charge in [0.25, 0.3) is 0 Å². The summed E-state index contributed by atoms with van der Waals surface area (Å²) in [5, 5.41) is 8.90. The van der Waals surface area contributed by atoms with E-state index in [1.54, 1.807) is 22.6 Å². The van der Waals surface area contributed by atoms with Crippen molar-refractivity contribution in [1.29, 1.82) is 0 Å². The second-order valence-electron chi connectivity index (χ2n) is 2.71. The molecule has 0 radical (unpaired) electrons. The maximum atomic E-state index is 12.1. The van der Waals surface area contributed by atoms with Gasteiger partial charge in [-0.2, -0.15) is 0 Å². The van der Waals surface area contributed by atoms with Gasteiger partial charge < -0.3 is 9.84 Å². The minimum Gasteiger partial charge on any atom is -0.403 e. The van der Waals surface area contributed by atoms with E-state index in [9.17, 15) is 13.2 Å². The zero-order chi connectivity index (χ0) is 12.3. The Balaban J connectivity index is 3.16. The van der Waals surface area contributed by atoms with Crippen LogP contribution in [-0.4, -0.2) is 16.5 Å². The summed E-state index contributed by atoms with van der Waals surface area (Å²) >= 11 is 7.17. The van der Waals surface area contributed by atoms with Crippen molar-refractivity contribution in [3.63, 3.8) is 0 Å². The quantitative estimate of drug-likeness (QED) is 0.660. The Labute approximate surface area is 108 Å². The molecule has 16 heavy (non-hydrogen) atoms. The first-order chi connectivity index (χ1) is 7.37. The molecule has 1 aromatic rings. The number of halogens is 5. The van der Waals surface area contributed by atoms with E-state index in [1.165, 1.54) is 6.07 Å². The monoisotopic (exact) mass is 367 g/mol. The molecule has 8 heteroatoms. The van der Waals surface area contributed by atoms with Crippen molar-refractivity contribution in [2.75, 3.05) is 0 Å². The predicted molar refractivity (Wildman–Crippen MR) is 59.1 cm³/mol. The standard InChI is InChI=1S/C8H6ClF3INO2/c9-2-4-1-5(13)7(6(3-15)14-4)16-8(10,11)12/h1,15H,2-3H2. The number of hydrogen-bond acceptors (Lipinski definition) is 3. The average molecular weight is 367 g/mol. The smallest absolute Gasteiger partial charge is 0.403 e. The van der Waals surface area contributed by atoms with Crippen molar-refractivity contribution >= 4 is 34.2 Å². The van der Waals surface area contributed by atoms with Crippen LogP contribution in [0, 0.1) is 3.57 Å². The van der Waals surface area contributed by atoms with Gasteiger partial charge in [0.2, 0.25) is 0 Å². The van der Waals surface area contributed by atoms with Gasteiger partial charge in [-0.05, 0) is 28.7 Å². The zero-order valence-corrected chi connectivity index (χ0v) is 10.6. The van der Waals surface area contributed by atoms with Gasteiger partial charge in [0.1, 0.15) is 5.69 Å². The Morgan fingerprint density at radius 1 is 1.50 bits per heavy atom. The first kappa shape index (κ1) is 13.8. The summed E-state index contributed by atoms with van der Waals surface area (Å²) in [6.45, 7) is -0.647. The van der Waals surface area contributed by atoms with Crippen LogP contribution < -0.4 is 4.74 Å². The lowest BCUT2D eigenvalue weighted by Crippen LogP contribution is -2.19. The molecule has 0 unspecified atom stereocenters. The molecule has 0 bridgehead atoms. The van der Waals surface area contributed by atoms with Crippen LogP contribution in [0.4, 0.5) is 13.2 Å². The van der Waals surface area contributed by atoms with Crippen LogP contribution in [-0.2, 0) is 12.5 Å². The molecule has 0 fully saturated rings. The van der Waals surface area contributed by atoms with E-state index in [1.807, 2.05) is 0 Å². The van der Waals surface area contributed by atoms with E-state index in [4.69, 9.17) is 16.7 Å². The summed E-state index contributed by atoms with van der Waals surface area (Å²) in [6.07, 6.45) is -4.81. The van der Waals surface area contributed by atoms with Crippen LogP contribution in [0.1, 0.15) is 11.4 Å². The van der Waals surface area contributed by atoms with E-state index < -0.39 is 18.7 Å². The lowest BCUT2D eigenvalue weighted by Gasteiger charge is -2.14. The van der Waals surface area contributed by atoms with Gasteiger partial charge in [-0.3, -0.25) is 4.98 Å². The Hall–Kier alpha value is -0.280. The van der Waals surface area contributed by atoms with E-state index in [0.29, 0.717) is 5.69 Å². The number of alkyl halides is 4. The molecule has 90 valence electrons. The second-order valence-corrected chi connectivity index (χ2v) is 4.14. The van der Waals surface area contributed by atoms with Gasteiger partial charge in [0, 0.05) is 0 Å². The van der Waals surface area contributed by atoms with Crippen LogP contribution in [0.3, 0.4) is 0 Å². The number of ether oxygens (including phenoxy) is 1. The summed E-state index contributed by atoms with van der Waals surface area (Å²) in [5.74, 6) is -0.431. The number of aliphatic hydroxyl groups excluding tert-OH is 1. The lowest BCUT2D eigenvalue weighted by atomic mass is 10.3. The maximum Gasteiger partial charge on any atom is 0.573 e. The van der Waals surface area contributed by atoms with Crippen molar-refractivity contribution in [3.05, 3.63) is 21.0 Å². The molecule has 0 aliphatic rings. The molecule has 1 N–H and O–H groups in total. The van der Waals surface area contributed by atoms with Crippen LogP contribution in [0.15, 0.2) is 6.07 Å². The minimum atomic E-state index is -4.81. The van der Waals surface area contributed by atoms with Crippen LogP contribution >= 0.6 is 34.2 Å². The summed E-state index contributed by atoms with van der Waals surface area (Å²) in [5.41, 5.74) is 0.199. The molecule has 1 rings (SSSR count). The number of aromatic nitrogens is 1. The fraction of sp³-hybridized carbons (Fsp3) is 0.375. The summed E-state index contributed by atoms with van der Waals surface area (Å²) in [7, 11) is 0. The third-order valence-electron chi connectivity index (χ3n) is 1.56. The lowest BCUT2D eigenvalue weighted by molar-refractivity contribution is -0.275. The van der Waals surface area contributed by atoms with E-state index in [-0.39, 0.29) is 15.1 Å². The van der Waals surface area contributed by atoms with Gasteiger partial charge in [0.15, 0.2) is 5.75 Å². The number of rotatable bonds is 3. The molecule has 3 nitrogen and oxygen atoms in total. The molecule has 0 spiro atoms. The van der Waals surface area contributed by atoms with Crippen molar-refractivity contribution in [3.8, 4) is 5.75 Å². The largest absolute Gasteiger partial charge is 0.573 e. The third-order valence-corrected chi connectivity index (χ3v) is 2.63. The molecular weight excluding hydrogens is 361 g/mol. The van der Waals surface area contributed by atoms with Crippen molar-refractivity contribution < 1.29 is 23.0 Å². The summed E-state index contributed by atoms with van der Waals surface area (Å²) < 4.78 is 40.2. The van der Waals surface area contributed by atoms with Crippen molar-refractivity contribution in [2.45, 2.75) is 18.8 Å².